The van der Waals surface area contributed by atoms with Crippen LogP contribution in [0.1, 0.15) is 11.1 Å². The van der Waals surface area contributed by atoms with Gasteiger partial charge in [0.25, 0.3) is 0 Å². The highest BCUT2D eigenvalue weighted by Gasteiger charge is 2.15. The average Bonchev–Trinajstić information content (AvgIpc) is 2.71. The van der Waals surface area contributed by atoms with Crippen LogP contribution in [-0.2, 0) is 12.8 Å². The Hall–Kier alpha value is -2.49. The van der Waals surface area contributed by atoms with Crippen LogP contribution in [0.5, 0.6) is 0 Å². The van der Waals surface area contributed by atoms with Crippen molar-refractivity contribution in [2.75, 3.05) is 18.4 Å². The molecule has 0 heterocycles. The summed E-state index contributed by atoms with van der Waals surface area (Å²) < 4.78 is 0. The summed E-state index contributed by atoms with van der Waals surface area (Å²) in [6.45, 7) is 1.24. The number of nitrogens with one attached hydrogen (secondary N) is 1. The first-order chi connectivity index (χ1) is 13.6. The third-order valence-electron chi connectivity index (χ3n) is 4.49. The lowest BCUT2D eigenvalue weighted by Crippen LogP contribution is -2.38. The van der Waals surface area contributed by atoms with Gasteiger partial charge in [0.05, 0.1) is 10.7 Å². The molecule has 2 amide bonds. The van der Waals surface area contributed by atoms with Gasteiger partial charge in [-0.2, -0.15) is 0 Å². The van der Waals surface area contributed by atoms with E-state index in [4.69, 9.17) is 23.2 Å². The van der Waals surface area contributed by atoms with Gasteiger partial charge in [-0.05, 0) is 42.2 Å². The van der Waals surface area contributed by atoms with Gasteiger partial charge in [-0.1, -0.05) is 83.9 Å². The minimum atomic E-state index is -0.170. The number of halogens is 2. The van der Waals surface area contributed by atoms with Crippen LogP contribution in [-0.4, -0.2) is 24.0 Å². The van der Waals surface area contributed by atoms with Crippen LogP contribution in [0.3, 0.4) is 0 Å². The molecule has 0 aliphatic carbocycles. The van der Waals surface area contributed by atoms with Crippen LogP contribution < -0.4 is 5.32 Å². The highest BCUT2D eigenvalue weighted by Crippen LogP contribution is 2.25. The maximum atomic E-state index is 12.9. The summed E-state index contributed by atoms with van der Waals surface area (Å²) in [6.07, 6.45) is 1.58. The summed E-state index contributed by atoms with van der Waals surface area (Å²) in [6, 6.07) is 25.2. The first kappa shape index (κ1) is 20.2. The predicted octanol–water partition coefficient (Wildman–Crippen LogP) is 6.31. The lowest BCUT2D eigenvalue weighted by atomic mass is 10.1. The largest absolute Gasteiger partial charge is 0.324 e. The van der Waals surface area contributed by atoms with Crippen molar-refractivity contribution >= 4 is 34.9 Å². The fourth-order valence-electron chi connectivity index (χ4n) is 2.92. The van der Waals surface area contributed by atoms with E-state index in [1.165, 1.54) is 11.1 Å². The minimum Gasteiger partial charge on any atom is -0.324 e. The summed E-state index contributed by atoms with van der Waals surface area (Å²) >= 11 is 12.2. The van der Waals surface area contributed by atoms with Crippen molar-refractivity contribution in [3.05, 3.63) is 100 Å². The Morgan fingerprint density at radius 1 is 0.786 bits per heavy atom. The molecular formula is C23H22Cl2N2O. The Labute approximate surface area is 175 Å². The fourth-order valence-corrected chi connectivity index (χ4v) is 3.37. The number of urea groups is 1. The number of benzene rings is 3. The van der Waals surface area contributed by atoms with Crippen molar-refractivity contribution in [3.8, 4) is 0 Å². The van der Waals surface area contributed by atoms with E-state index in [9.17, 15) is 4.79 Å². The first-order valence-corrected chi connectivity index (χ1v) is 9.96. The van der Waals surface area contributed by atoms with Crippen molar-refractivity contribution in [2.24, 2.45) is 0 Å². The average molecular weight is 413 g/mol. The highest BCUT2D eigenvalue weighted by molar-refractivity contribution is 6.36. The van der Waals surface area contributed by atoms with Crippen molar-refractivity contribution in [3.63, 3.8) is 0 Å². The SMILES string of the molecule is O=C(Nc1ccc(Cl)cc1Cl)N(CCc1ccccc1)CCc1ccccc1. The number of hydrogen-bond donors (Lipinski definition) is 1. The second kappa shape index (κ2) is 10.2. The molecule has 0 fully saturated rings. The number of nitrogens with zero attached hydrogens (tertiary/aromatic N) is 1. The van der Waals surface area contributed by atoms with Gasteiger partial charge in [-0.3, -0.25) is 0 Å². The van der Waals surface area contributed by atoms with Crippen molar-refractivity contribution < 1.29 is 4.79 Å². The molecule has 0 unspecified atom stereocenters. The molecule has 0 saturated heterocycles. The van der Waals surface area contributed by atoms with Crippen molar-refractivity contribution in [2.45, 2.75) is 12.8 Å². The summed E-state index contributed by atoms with van der Waals surface area (Å²) in [5.74, 6) is 0. The molecule has 0 saturated carbocycles. The summed E-state index contributed by atoms with van der Waals surface area (Å²) in [7, 11) is 0. The summed E-state index contributed by atoms with van der Waals surface area (Å²) in [5.41, 5.74) is 2.95. The lowest BCUT2D eigenvalue weighted by Gasteiger charge is -2.24. The number of carbonyl (C=O) groups is 1. The molecule has 144 valence electrons. The number of carbonyl (C=O) groups excluding carboxylic acids is 1. The van der Waals surface area contributed by atoms with Crippen molar-refractivity contribution in [1.29, 1.82) is 0 Å². The van der Waals surface area contributed by atoms with Gasteiger partial charge in [0, 0.05) is 18.1 Å². The standard InChI is InChI=1S/C23H22Cl2N2O/c24-20-11-12-22(21(25)17-20)26-23(28)27(15-13-18-7-3-1-4-8-18)16-14-19-9-5-2-6-10-19/h1-12,17H,13-16H2,(H,26,28). The molecule has 5 heteroatoms. The molecule has 0 aromatic heterocycles. The Morgan fingerprint density at radius 3 is 1.82 bits per heavy atom. The van der Waals surface area contributed by atoms with E-state index in [-0.39, 0.29) is 6.03 Å². The van der Waals surface area contributed by atoms with Gasteiger partial charge in [0.15, 0.2) is 0 Å². The third kappa shape index (κ3) is 6.01. The minimum absolute atomic E-state index is 0.170. The van der Waals surface area contributed by atoms with Crippen LogP contribution in [0.25, 0.3) is 0 Å². The topological polar surface area (TPSA) is 32.3 Å². The number of anilines is 1. The van der Waals surface area contributed by atoms with E-state index in [0.29, 0.717) is 28.8 Å². The van der Waals surface area contributed by atoms with E-state index in [1.54, 1.807) is 18.2 Å². The van der Waals surface area contributed by atoms with Crippen LogP contribution in [0, 0.1) is 0 Å². The van der Waals surface area contributed by atoms with E-state index in [0.717, 1.165) is 12.8 Å². The molecule has 0 aliphatic heterocycles. The van der Waals surface area contributed by atoms with E-state index in [1.807, 2.05) is 41.3 Å². The zero-order valence-corrected chi connectivity index (χ0v) is 17.0. The maximum Gasteiger partial charge on any atom is 0.321 e. The Kier molecular flexibility index (Phi) is 7.35. The number of amides is 2. The Bertz CT molecular complexity index is 857. The smallest absolute Gasteiger partial charge is 0.321 e. The molecule has 0 bridgehead atoms. The van der Waals surface area contributed by atoms with Gasteiger partial charge in [-0.15, -0.1) is 0 Å². The second-order valence-electron chi connectivity index (χ2n) is 6.51. The van der Waals surface area contributed by atoms with Crippen LogP contribution in [0.2, 0.25) is 10.0 Å². The Balaban J connectivity index is 1.68. The van der Waals surface area contributed by atoms with Gasteiger partial charge in [0.2, 0.25) is 0 Å². The molecular weight excluding hydrogens is 391 g/mol. The molecule has 28 heavy (non-hydrogen) atoms. The fraction of sp³-hybridized carbons (Fsp3) is 0.174. The first-order valence-electron chi connectivity index (χ1n) is 9.20. The molecule has 3 rings (SSSR count). The quantitative estimate of drug-likeness (QED) is 0.484. The monoisotopic (exact) mass is 412 g/mol. The van der Waals surface area contributed by atoms with Gasteiger partial charge < -0.3 is 10.2 Å². The summed E-state index contributed by atoms with van der Waals surface area (Å²) in [4.78, 5) is 14.7. The van der Waals surface area contributed by atoms with Crippen LogP contribution in [0.4, 0.5) is 10.5 Å². The molecule has 0 radical (unpaired) electrons. The van der Waals surface area contributed by atoms with Crippen LogP contribution >= 0.6 is 23.2 Å². The molecule has 0 atom stereocenters. The van der Waals surface area contributed by atoms with E-state index >= 15 is 0 Å². The highest BCUT2D eigenvalue weighted by atomic mass is 35.5. The molecule has 0 spiro atoms. The molecule has 1 N–H and O–H groups in total. The second-order valence-corrected chi connectivity index (χ2v) is 7.36. The van der Waals surface area contributed by atoms with E-state index < -0.39 is 0 Å². The molecule has 0 aliphatic rings. The van der Waals surface area contributed by atoms with Gasteiger partial charge in [-0.25, -0.2) is 4.79 Å². The lowest BCUT2D eigenvalue weighted by molar-refractivity contribution is 0.213. The molecule has 3 nitrogen and oxygen atoms in total. The third-order valence-corrected chi connectivity index (χ3v) is 5.03. The predicted molar refractivity (Wildman–Crippen MR) is 117 cm³/mol. The van der Waals surface area contributed by atoms with Crippen LogP contribution in [0.15, 0.2) is 78.9 Å². The van der Waals surface area contributed by atoms with E-state index in [2.05, 4.69) is 29.6 Å². The van der Waals surface area contributed by atoms with Gasteiger partial charge in [0.1, 0.15) is 0 Å². The molecule has 3 aromatic rings. The maximum absolute atomic E-state index is 12.9. The zero-order chi connectivity index (χ0) is 19.8. The zero-order valence-electron chi connectivity index (χ0n) is 15.4. The normalized spacial score (nSPS) is 10.5. The molecule has 3 aromatic carbocycles. The Morgan fingerprint density at radius 2 is 1.32 bits per heavy atom. The number of rotatable bonds is 7. The number of hydrogen-bond acceptors (Lipinski definition) is 1. The van der Waals surface area contributed by atoms with Gasteiger partial charge >= 0.3 is 6.03 Å². The summed E-state index contributed by atoms with van der Waals surface area (Å²) in [5, 5.41) is 3.86. The van der Waals surface area contributed by atoms with Crippen molar-refractivity contribution in [1.82, 2.24) is 4.90 Å².